The zero-order chi connectivity index (χ0) is 37.8. The fourth-order valence-corrected chi connectivity index (χ4v) is 10.9. The van der Waals surface area contributed by atoms with Gasteiger partial charge in [-0.15, -0.1) is 0 Å². The largest absolute Gasteiger partial charge is 0.465 e. The average molecular weight is 750 g/mol. The molecule has 2 amide bonds. The molecule has 10 nitrogen and oxygen atoms in total. The predicted octanol–water partition coefficient (Wildman–Crippen LogP) is 7.51. The van der Waals surface area contributed by atoms with Gasteiger partial charge in [0.15, 0.2) is 0 Å². The average Bonchev–Trinajstić information content (AvgIpc) is 4.09. The minimum Gasteiger partial charge on any atom is -0.465 e. The first-order valence-electron chi connectivity index (χ1n) is 20.7. The van der Waals surface area contributed by atoms with Gasteiger partial charge in [0.05, 0.1) is 23.1 Å². The first-order valence-corrected chi connectivity index (χ1v) is 20.7. The highest BCUT2D eigenvalue weighted by atomic mass is 16.4. The number of carboxylic acid groups (broad SMARTS) is 1. The third-order valence-electron chi connectivity index (χ3n) is 13.6. The molecule has 4 aromatic carbocycles. The summed E-state index contributed by atoms with van der Waals surface area (Å²) in [4.78, 5) is 27.6. The van der Waals surface area contributed by atoms with Crippen LogP contribution in [0.3, 0.4) is 0 Å². The number of nitrogens with zero attached hydrogens (tertiary/aromatic N) is 1. The third kappa shape index (κ3) is 6.15. The molecule has 4 aromatic rings. The van der Waals surface area contributed by atoms with Crippen molar-refractivity contribution >= 4 is 29.1 Å². The number of rotatable bonds is 8. The highest BCUT2D eigenvalue weighted by molar-refractivity contribution is 5.88. The maximum atomic E-state index is 14.0. The van der Waals surface area contributed by atoms with Gasteiger partial charge >= 0.3 is 6.09 Å². The molecule has 5 atom stereocenters. The van der Waals surface area contributed by atoms with Crippen LogP contribution in [-0.4, -0.2) is 59.5 Å². The van der Waals surface area contributed by atoms with Gasteiger partial charge in [0.2, 0.25) is 5.91 Å². The van der Waals surface area contributed by atoms with Crippen molar-refractivity contribution in [1.82, 2.24) is 26.2 Å². The van der Waals surface area contributed by atoms with E-state index in [9.17, 15) is 14.7 Å². The van der Waals surface area contributed by atoms with Gasteiger partial charge in [-0.3, -0.25) is 4.79 Å². The van der Waals surface area contributed by atoms with Crippen LogP contribution in [0.5, 0.6) is 0 Å². The van der Waals surface area contributed by atoms with Crippen molar-refractivity contribution < 1.29 is 14.7 Å². The molecule has 3 fully saturated rings. The SMILES string of the molecule is O=C(O)N[C@H](C(=O)N1CCC[C@H]1C1Nc2ccc(-c3ccc(-c4ccc(C5=CNC(C6CCCN6)N5)cc4)c4c3CCC43CCCC3)cc2N1)c1ccccc1. The van der Waals surface area contributed by atoms with E-state index in [1.54, 1.807) is 17.7 Å². The van der Waals surface area contributed by atoms with Crippen molar-refractivity contribution in [1.29, 1.82) is 0 Å². The van der Waals surface area contributed by atoms with Crippen molar-refractivity contribution in [2.24, 2.45) is 0 Å². The summed E-state index contributed by atoms with van der Waals surface area (Å²) in [6.45, 7) is 1.68. The Bertz CT molecular complexity index is 2170. The van der Waals surface area contributed by atoms with E-state index in [0.29, 0.717) is 18.2 Å². The van der Waals surface area contributed by atoms with Crippen LogP contribution >= 0.6 is 0 Å². The molecule has 0 radical (unpaired) electrons. The number of anilines is 2. The minimum atomic E-state index is -1.21. The summed E-state index contributed by atoms with van der Waals surface area (Å²) in [5.41, 5.74) is 13.6. The number of hydrogen-bond acceptors (Lipinski definition) is 7. The first kappa shape index (κ1) is 35.0. The van der Waals surface area contributed by atoms with Crippen LogP contribution in [0, 0.1) is 0 Å². The molecule has 3 unspecified atom stereocenters. The summed E-state index contributed by atoms with van der Waals surface area (Å²) < 4.78 is 0. The van der Waals surface area contributed by atoms with Crippen molar-refractivity contribution in [2.45, 2.75) is 100 Å². The van der Waals surface area contributed by atoms with E-state index >= 15 is 0 Å². The maximum absolute atomic E-state index is 14.0. The summed E-state index contributed by atoms with van der Waals surface area (Å²) in [5, 5.41) is 30.4. The van der Waals surface area contributed by atoms with Crippen LogP contribution in [0.4, 0.5) is 16.2 Å². The van der Waals surface area contributed by atoms with E-state index in [2.05, 4.69) is 92.7 Å². The molecule has 10 heteroatoms. The fraction of sp³-hybridized carbons (Fsp3) is 0.391. The van der Waals surface area contributed by atoms with Gasteiger partial charge in [-0.2, -0.15) is 0 Å². The van der Waals surface area contributed by atoms with Gasteiger partial charge in [0.1, 0.15) is 18.4 Å². The molecule has 2 aliphatic carbocycles. The Balaban J connectivity index is 0.906. The van der Waals surface area contributed by atoms with Gasteiger partial charge < -0.3 is 41.9 Å². The Hall–Kier alpha value is -5.48. The highest BCUT2D eigenvalue weighted by Crippen LogP contribution is 2.55. The number of likely N-dealkylation sites (tertiary alicyclic amines) is 1. The monoisotopic (exact) mass is 749 g/mol. The molecule has 7 N–H and O–H groups in total. The first-order chi connectivity index (χ1) is 27.4. The highest BCUT2D eigenvalue weighted by Gasteiger charge is 2.44. The number of fused-ring (bicyclic) bond motifs is 3. The quantitative estimate of drug-likeness (QED) is 0.0987. The lowest BCUT2D eigenvalue weighted by molar-refractivity contribution is -0.134. The van der Waals surface area contributed by atoms with E-state index in [1.807, 2.05) is 23.1 Å². The lowest BCUT2D eigenvalue weighted by atomic mass is 9.76. The molecule has 2 saturated heterocycles. The lowest BCUT2D eigenvalue weighted by Gasteiger charge is -2.32. The van der Waals surface area contributed by atoms with E-state index < -0.39 is 12.1 Å². The van der Waals surface area contributed by atoms with E-state index in [-0.39, 0.29) is 29.7 Å². The van der Waals surface area contributed by atoms with Crippen molar-refractivity contribution in [3.05, 3.63) is 113 Å². The standard InChI is InChI=1S/C46H51N7O3/c54-44(41(52-45(55)56)30-8-2-1-3-9-30)53-25-7-11-39(53)43-49-35-19-16-31(26-37(35)50-43)32-17-18-33(40-34(32)20-23-46(40)21-4-5-22-46)28-12-14-29(15-13-28)38-27-48-42(51-38)36-10-6-24-47-36/h1-3,8-9,12-19,26-27,36,39,41-43,47-52H,4-7,10-11,20-25H2,(H,55,56)/t36?,39-,41-,42?,43?/m0/s1. The summed E-state index contributed by atoms with van der Waals surface area (Å²) in [6.07, 6.45) is 12.5. The number of amides is 2. The Morgan fingerprint density at radius 3 is 2.32 bits per heavy atom. The van der Waals surface area contributed by atoms with E-state index in [1.165, 1.54) is 78.3 Å². The Morgan fingerprint density at radius 2 is 1.54 bits per heavy atom. The number of hydrogen-bond donors (Lipinski definition) is 7. The normalized spacial score (nSPS) is 24.8. The van der Waals surface area contributed by atoms with Gasteiger partial charge in [-0.25, -0.2) is 4.79 Å². The molecule has 4 heterocycles. The Kier molecular flexibility index (Phi) is 8.88. The molecule has 6 aliphatic rings. The lowest BCUT2D eigenvalue weighted by Crippen LogP contribution is -2.51. The molecule has 1 saturated carbocycles. The number of carbonyl (C=O) groups is 2. The van der Waals surface area contributed by atoms with Crippen LogP contribution in [0.15, 0.2) is 91.1 Å². The molecule has 56 heavy (non-hydrogen) atoms. The number of carbonyl (C=O) groups excluding carboxylic acids is 1. The molecular weight excluding hydrogens is 699 g/mol. The Labute approximate surface area is 328 Å². The van der Waals surface area contributed by atoms with Gasteiger partial charge in [0.25, 0.3) is 0 Å². The van der Waals surface area contributed by atoms with Gasteiger partial charge in [-0.1, -0.05) is 85.6 Å². The third-order valence-corrected chi connectivity index (χ3v) is 13.6. The zero-order valence-electron chi connectivity index (χ0n) is 31.7. The second kappa shape index (κ2) is 14.2. The van der Waals surface area contributed by atoms with Crippen LogP contribution in [0.1, 0.15) is 86.1 Å². The van der Waals surface area contributed by atoms with E-state index in [0.717, 1.165) is 42.9 Å². The second-order valence-corrected chi connectivity index (χ2v) is 16.7. The topological polar surface area (TPSA) is 130 Å². The molecule has 0 aromatic heterocycles. The van der Waals surface area contributed by atoms with Gasteiger partial charge in [0, 0.05) is 18.8 Å². The van der Waals surface area contributed by atoms with Crippen molar-refractivity contribution in [3.63, 3.8) is 0 Å². The van der Waals surface area contributed by atoms with Crippen LogP contribution in [-0.2, 0) is 16.6 Å². The second-order valence-electron chi connectivity index (χ2n) is 16.7. The smallest absolute Gasteiger partial charge is 0.405 e. The predicted molar refractivity (Wildman–Crippen MR) is 221 cm³/mol. The molecular formula is C46H51N7O3. The molecule has 1 spiro atoms. The van der Waals surface area contributed by atoms with Crippen LogP contribution in [0.2, 0.25) is 0 Å². The number of nitrogens with one attached hydrogen (secondary N) is 6. The summed E-state index contributed by atoms with van der Waals surface area (Å²) in [7, 11) is 0. The molecule has 4 aliphatic heterocycles. The Morgan fingerprint density at radius 1 is 0.768 bits per heavy atom. The maximum Gasteiger partial charge on any atom is 0.405 e. The summed E-state index contributed by atoms with van der Waals surface area (Å²) in [6, 6.07) is 29.1. The number of benzene rings is 4. The van der Waals surface area contributed by atoms with Crippen molar-refractivity contribution in [2.75, 3.05) is 23.7 Å². The molecule has 0 bridgehead atoms. The molecule has 10 rings (SSSR count). The summed E-state index contributed by atoms with van der Waals surface area (Å²) in [5.74, 6) is -0.220. The molecule has 288 valence electrons. The van der Waals surface area contributed by atoms with E-state index in [4.69, 9.17) is 0 Å². The van der Waals surface area contributed by atoms with Gasteiger partial charge in [-0.05, 0) is 120 Å². The van der Waals surface area contributed by atoms with Crippen LogP contribution in [0.25, 0.3) is 28.0 Å². The zero-order valence-corrected chi connectivity index (χ0v) is 31.7. The fourth-order valence-electron chi connectivity index (χ4n) is 10.9. The minimum absolute atomic E-state index is 0.125. The summed E-state index contributed by atoms with van der Waals surface area (Å²) >= 11 is 0. The van der Waals surface area contributed by atoms with Crippen molar-refractivity contribution in [3.8, 4) is 22.3 Å². The van der Waals surface area contributed by atoms with Crippen LogP contribution < -0.4 is 31.9 Å².